The van der Waals surface area contributed by atoms with Crippen molar-refractivity contribution in [2.45, 2.75) is 30.7 Å². The fraction of sp³-hybridized carbons (Fsp3) is 0.318. The van der Waals surface area contributed by atoms with Crippen molar-refractivity contribution in [1.82, 2.24) is 19.5 Å². The van der Waals surface area contributed by atoms with Gasteiger partial charge in [0.25, 0.3) is 5.91 Å². The molecule has 3 aromatic rings. The van der Waals surface area contributed by atoms with Gasteiger partial charge in [0.05, 0.1) is 27.4 Å². The predicted molar refractivity (Wildman–Crippen MR) is 122 cm³/mol. The summed E-state index contributed by atoms with van der Waals surface area (Å²) in [6, 6.07) is 9.71. The maximum absolute atomic E-state index is 13.3. The number of carbonyl (C=O) groups excluding carboxylic acids is 1. The van der Waals surface area contributed by atoms with Crippen molar-refractivity contribution >= 4 is 15.8 Å². The maximum Gasteiger partial charge on any atom is 0.282 e. The fourth-order valence-corrected chi connectivity index (χ4v) is 4.32. The summed E-state index contributed by atoms with van der Waals surface area (Å²) < 4.78 is 36.2. The molecule has 0 unspecified atom stereocenters. The third-order valence-corrected chi connectivity index (χ3v) is 6.55. The second-order valence-corrected chi connectivity index (χ2v) is 9.72. The molecule has 2 aromatic heterocycles. The number of amides is 1. The van der Waals surface area contributed by atoms with Crippen molar-refractivity contribution in [3.8, 4) is 11.6 Å². The Hall–Kier alpha value is -3.44. The van der Waals surface area contributed by atoms with E-state index >= 15 is 0 Å². The van der Waals surface area contributed by atoms with Gasteiger partial charge in [0, 0.05) is 23.4 Å². The number of ether oxygens (including phenoxy) is 2. The van der Waals surface area contributed by atoms with E-state index in [1.165, 1.54) is 26.4 Å². The minimum absolute atomic E-state index is 0.000331. The molecule has 1 aromatic carbocycles. The number of pyridine rings is 1. The van der Waals surface area contributed by atoms with Crippen LogP contribution in [0.25, 0.3) is 0 Å². The summed E-state index contributed by atoms with van der Waals surface area (Å²) in [5.41, 5.74) is 0.657. The minimum Gasteiger partial charge on any atom is -0.495 e. The zero-order chi connectivity index (χ0) is 24.2. The molecule has 0 radical (unpaired) electrons. The number of methoxy groups -OCH3 is 2. The molecule has 176 valence electrons. The van der Waals surface area contributed by atoms with Crippen LogP contribution in [0, 0.1) is 4.78 Å². The molecule has 10 nitrogen and oxygen atoms in total. The predicted octanol–water partition coefficient (Wildman–Crippen LogP) is 2.36. The molecule has 11 heteroatoms. The van der Waals surface area contributed by atoms with Crippen LogP contribution in [0.1, 0.15) is 35.5 Å². The Morgan fingerprint density at radius 2 is 2.00 bits per heavy atom. The van der Waals surface area contributed by atoms with Crippen molar-refractivity contribution in [1.29, 1.82) is 4.78 Å². The Morgan fingerprint density at radius 3 is 2.61 bits per heavy atom. The number of nitrogens with one attached hydrogen (secondary N) is 2. The quantitative estimate of drug-likeness (QED) is 0.433. The topological polar surface area (TPSA) is 139 Å². The lowest BCUT2D eigenvalue weighted by Crippen LogP contribution is -2.31. The van der Waals surface area contributed by atoms with E-state index in [4.69, 9.17) is 14.3 Å². The normalized spacial score (nSPS) is 13.2. The maximum atomic E-state index is 13.3. The summed E-state index contributed by atoms with van der Waals surface area (Å²) in [5, 5.41) is 13.8. The number of aromatic nitrogens is 3. The standard InChI is InChI=1S/C22H27N5O5S/c1-22(2,14-28)16-7-9-18(31-3)19(12-16)33(23,30)26-20(29)17-8-6-15(21(25-17)32-4)13-27-11-5-10-24-27/h5-12,28H,13-14H2,1-4H3,(H2,23,26,29,30)/t33-/m0/s1. The summed E-state index contributed by atoms with van der Waals surface area (Å²) in [5.74, 6) is -0.389. The van der Waals surface area contributed by atoms with E-state index in [2.05, 4.69) is 14.8 Å². The second-order valence-electron chi connectivity index (χ2n) is 7.96. The first-order chi connectivity index (χ1) is 15.6. The van der Waals surface area contributed by atoms with Crippen LogP contribution in [0.5, 0.6) is 11.6 Å². The lowest BCUT2D eigenvalue weighted by molar-refractivity contribution is 0.0976. The van der Waals surface area contributed by atoms with Crippen molar-refractivity contribution in [2.75, 3.05) is 20.8 Å². The molecule has 0 fully saturated rings. The fourth-order valence-electron chi connectivity index (χ4n) is 3.11. The van der Waals surface area contributed by atoms with Gasteiger partial charge in [0.1, 0.15) is 16.3 Å². The Kier molecular flexibility index (Phi) is 7.04. The summed E-state index contributed by atoms with van der Waals surface area (Å²) >= 11 is 0. The molecule has 1 amide bonds. The first-order valence-electron chi connectivity index (χ1n) is 10.0. The Labute approximate surface area is 192 Å². The Bertz CT molecular complexity index is 1240. The van der Waals surface area contributed by atoms with Crippen LogP contribution in [0.2, 0.25) is 0 Å². The summed E-state index contributed by atoms with van der Waals surface area (Å²) in [7, 11) is -0.993. The van der Waals surface area contributed by atoms with E-state index in [-0.39, 0.29) is 28.8 Å². The molecule has 0 aliphatic heterocycles. The van der Waals surface area contributed by atoms with E-state index < -0.39 is 21.2 Å². The number of aliphatic hydroxyl groups is 1. The van der Waals surface area contributed by atoms with Crippen LogP contribution in [0.4, 0.5) is 0 Å². The summed E-state index contributed by atoms with van der Waals surface area (Å²) in [4.78, 5) is 17.1. The number of rotatable bonds is 9. The van der Waals surface area contributed by atoms with Crippen LogP contribution in [0.15, 0.2) is 53.7 Å². The number of hydrogen-bond donors (Lipinski definition) is 3. The average Bonchev–Trinajstić information content (AvgIpc) is 3.31. The number of carbonyl (C=O) groups is 1. The minimum atomic E-state index is -3.81. The summed E-state index contributed by atoms with van der Waals surface area (Å²) in [6.07, 6.45) is 3.44. The molecule has 0 saturated heterocycles. The lowest BCUT2D eigenvalue weighted by Gasteiger charge is -2.24. The first kappa shape index (κ1) is 24.2. The Morgan fingerprint density at radius 1 is 1.24 bits per heavy atom. The molecule has 2 heterocycles. The van der Waals surface area contributed by atoms with E-state index in [1.54, 1.807) is 41.3 Å². The number of benzene rings is 1. The smallest absolute Gasteiger partial charge is 0.282 e. The second kappa shape index (κ2) is 9.59. The highest BCUT2D eigenvalue weighted by molar-refractivity contribution is 7.91. The zero-order valence-electron chi connectivity index (χ0n) is 18.9. The van der Waals surface area contributed by atoms with Gasteiger partial charge in [0.2, 0.25) is 5.88 Å². The molecule has 0 saturated carbocycles. The monoisotopic (exact) mass is 473 g/mol. The van der Waals surface area contributed by atoms with E-state index in [9.17, 15) is 14.1 Å². The third-order valence-electron chi connectivity index (χ3n) is 5.14. The highest BCUT2D eigenvalue weighted by Crippen LogP contribution is 2.31. The van der Waals surface area contributed by atoms with Gasteiger partial charge in [-0.15, -0.1) is 0 Å². The highest BCUT2D eigenvalue weighted by atomic mass is 32.2. The molecular weight excluding hydrogens is 446 g/mol. The average molecular weight is 474 g/mol. The molecule has 3 N–H and O–H groups in total. The van der Waals surface area contributed by atoms with Crippen LogP contribution in [-0.2, 0) is 21.9 Å². The van der Waals surface area contributed by atoms with Gasteiger partial charge in [-0.1, -0.05) is 19.9 Å². The van der Waals surface area contributed by atoms with Gasteiger partial charge < -0.3 is 14.6 Å². The van der Waals surface area contributed by atoms with Gasteiger partial charge in [0.15, 0.2) is 9.92 Å². The number of aliphatic hydroxyl groups excluding tert-OH is 1. The number of hydrogen-bond acceptors (Lipinski definition) is 8. The first-order valence-corrected chi connectivity index (χ1v) is 11.6. The van der Waals surface area contributed by atoms with Gasteiger partial charge in [-0.2, -0.15) is 5.10 Å². The van der Waals surface area contributed by atoms with Crippen LogP contribution < -0.4 is 14.2 Å². The lowest BCUT2D eigenvalue weighted by atomic mass is 9.86. The van der Waals surface area contributed by atoms with E-state index in [1.807, 2.05) is 13.8 Å². The third kappa shape index (κ3) is 5.32. The van der Waals surface area contributed by atoms with Crippen molar-refractivity contribution in [3.05, 3.63) is 65.6 Å². The number of nitrogens with zero attached hydrogens (tertiary/aromatic N) is 3. The largest absolute Gasteiger partial charge is 0.495 e. The molecule has 3 rings (SSSR count). The Balaban J connectivity index is 1.90. The van der Waals surface area contributed by atoms with Gasteiger partial charge in [-0.3, -0.25) is 14.2 Å². The zero-order valence-corrected chi connectivity index (χ0v) is 19.7. The molecule has 1 atom stereocenters. The van der Waals surface area contributed by atoms with E-state index in [0.29, 0.717) is 17.7 Å². The molecule has 0 bridgehead atoms. The molecule has 0 spiro atoms. The van der Waals surface area contributed by atoms with Crippen molar-refractivity contribution in [3.63, 3.8) is 0 Å². The molecule has 33 heavy (non-hydrogen) atoms. The van der Waals surface area contributed by atoms with Gasteiger partial charge in [-0.05, 0) is 35.9 Å². The molecule has 0 aliphatic rings. The van der Waals surface area contributed by atoms with Crippen LogP contribution in [0.3, 0.4) is 0 Å². The SMILES string of the molecule is COc1ccc(C(C)(C)CO)cc1[S@@](=N)(=O)NC(=O)c1ccc(Cn2cccn2)c(OC)n1. The summed E-state index contributed by atoms with van der Waals surface area (Å²) in [6.45, 7) is 3.86. The molecular formula is C22H27N5O5S. The van der Waals surface area contributed by atoms with Crippen LogP contribution >= 0.6 is 0 Å². The van der Waals surface area contributed by atoms with Crippen molar-refractivity contribution in [2.24, 2.45) is 0 Å². The van der Waals surface area contributed by atoms with Crippen LogP contribution in [-0.4, -0.2) is 50.8 Å². The highest BCUT2D eigenvalue weighted by Gasteiger charge is 2.26. The van der Waals surface area contributed by atoms with Gasteiger partial charge in [-0.25, -0.2) is 14.0 Å². The van der Waals surface area contributed by atoms with E-state index in [0.717, 1.165) is 0 Å². The van der Waals surface area contributed by atoms with Crippen molar-refractivity contribution < 1.29 is 23.6 Å². The van der Waals surface area contributed by atoms with Gasteiger partial charge >= 0.3 is 0 Å². The molecule has 0 aliphatic carbocycles.